The van der Waals surface area contributed by atoms with Gasteiger partial charge in [0.2, 0.25) is 0 Å². The summed E-state index contributed by atoms with van der Waals surface area (Å²) in [5.74, 6) is 0.107. The molecule has 0 unspecified atom stereocenters. The zero-order valence-corrected chi connectivity index (χ0v) is 18.7. The lowest BCUT2D eigenvalue weighted by Gasteiger charge is -2.30. The second kappa shape index (κ2) is 8.89. The molecule has 1 fully saturated rings. The molecular formula is C24H26N4O2S. The number of ether oxygens (including phenoxy) is 1. The lowest BCUT2D eigenvalue weighted by molar-refractivity contribution is 0.0600. The third-order valence-electron chi connectivity index (χ3n) is 5.41. The molecule has 2 aromatic heterocycles. The minimum absolute atomic E-state index is 0.0138. The molecule has 4 rings (SSSR count). The Kier molecular flexibility index (Phi) is 6.04. The molecule has 3 heterocycles. The van der Waals surface area contributed by atoms with Crippen LogP contribution in [0.1, 0.15) is 47.7 Å². The third-order valence-corrected chi connectivity index (χ3v) is 5.76. The van der Waals surface area contributed by atoms with E-state index in [1.165, 1.54) is 7.11 Å². The van der Waals surface area contributed by atoms with Gasteiger partial charge in [-0.2, -0.15) is 0 Å². The molecule has 0 amide bonds. The van der Waals surface area contributed by atoms with Crippen LogP contribution in [0.15, 0.2) is 67.0 Å². The molecule has 0 bridgehead atoms. The number of hydrogen-bond donors (Lipinski definition) is 1. The summed E-state index contributed by atoms with van der Waals surface area (Å²) in [6.07, 6.45) is 3.85. The molecule has 1 saturated heterocycles. The van der Waals surface area contributed by atoms with E-state index in [1.54, 1.807) is 12.1 Å². The molecule has 160 valence electrons. The number of carbonyl (C=O) groups excluding carboxylic acids is 1. The zero-order valence-electron chi connectivity index (χ0n) is 17.9. The molecule has 0 radical (unpaired) electrons. The third kappa shape index (κ3) is 4.18. The maximum Gasteiger partial charge on any atom is 0.337 e. The van der Waals surface area contributed by atoms with E-state index in [-0.39, 0.29) is 18.1 Å². The largest absolute Gasteiger partial charge is 0.465 e. The van der Waals surface area contributed by atoms with E-state index in [1.807, 2.05) is 48.8 Å². The van der Waals surface area contributed by atoms with Crippen molar-refractivity contribution >= 4 is 23.3 Å². The van der Waals surface area contributed by atoms with Gasteiger partial charge < -0.3 is 19.5 Å². The molecule has 31 heavy (non-hydrogen) atoms. The van der Waals surface area contributed by atoms with Crippen molar-refractivity contribution in [1.82, 2.24) is 19.8 Å². The molecule has 6 nitrogen and oxygen atoms in total. The normalized spacial score (nSPS) is 18.3. The van der Waals surface area contributed by atoms with E-state index in [4.69, 9.17) is 17.0 Å². The van der Waals surface area contributed by atoms with Crippen LogP contribution < -0.4 is 5.32 Å². The van der Waals surface area contributed by atoms with Crippen LogP contribution in [0.3, 0.4) is 0 Å². The van der Waals surface area contributed by atoms with Crippen molar-refractivity contribution in [3.05, 3.63) is 83.9 Å². The first-order chi connectivity index (χ1) is 15.0. The number of hydrogen-bond acceptors (Lipinski definition) is 4. The van der Waals surface area contributed by atoms with Crippen LogP contribution in [0.4, 0.5) is 0 Å². The minimum Gasteiger partial charge on any atom is -0.465 e. The van der Waals surface area contributed by atoms with Gasteiger partial charge in [-0.3, -0.25) is 4.98 Å². The first-order valence-corrected chi connectivity index (χ1v) is 10.7. The van der Waals surface area contributed by atoms with Crippen LogP contribution >= 0.6 is 12.2 Å². The van der Waals surface area contributed by atoms with Crippen LogP contribution in [-0.2, 0) is 4.74 Å². The molecule has 1 aliphatic rings. The predicted molar refractivity (Wildman–Crippen MR) is 124 cm³/mol. The quantitative estimate of drug-likeness (QED) is 0.461. The predicted octanol–water partition coefficient (Wildman–Crippen LogP) is 4.29. The smallest absolute Gasteiger partial charge is 0.337 e. The Bertz CT molecular complexity index is 1060. The van der Waals surface area contributed by atoms with Crippen molar-refractivity contribution in [2.45, 2.75) is 25.9 Å². The minimum atomic E-state index is -0.344. The summed E-state index contributed by atoms with van der Waals surface area (Å²) in [7, 11) is 1.39. The first-order valence-electron chi connectivity index (χ1n) is 10.3. The number of aromatic nitrogens is 2. The van der Waals surface area contributed by atoms with Gasteiger partial charge in [0.15, 0.2) is 5.11 Å². The Morgan fingerprint density at radius 1 is 1.16 bits per heavy atom. The Hall–Kier alpha value is -3.19. The van der Waals surface area contributed by atoms with Gasteiger partial charge in [0.05, 0.1) is 30.5 Å². The Morgan fingerprint density at radius 3 is 2.58 bits per heavy atom. The maximum atomic E-state index is 11.8. The first kappa shape index (κ1) is 21.1. The lowest BCUT2D eigenvalue weighted by atomic mass is 10.0. The summed E-state index contributed by atoms with van der Waals surface area (Å²) in [6, 6.07) is 17.5. The van der Waals surface area contributed by atoms with Crippen LogP contribution in [0.2, 0.25) is 0 Å². The molecular weight excluding hydrogens is 408 g/mol. The standard InChI is InChI=1S/C24H26N4O2S/c1-16(2)15-28-22(21(26-24(28)31)19-7-4-5-13-25-19)20-8-6-14-27(20)18-11-9-17(10-12-18)23(29)30-3/h4-14,16,21-22H,15H2,1-3H3,(H,26,31)/t21-,22-/m0/s1. The number of thiocarbonyl (C=S) groups is 1. The van der Waals surface area contributed by atoms with Gasteiger partial charge in [-0.25, -0.2) is 4.79 Å². The van der Waals surface area contributed by atoms with E-state index >= 15 is 0 Å². The topological polar surface area (TPSA) is 59.4 Å². The average Bonchev–Trinajstić information content (AvgIpc) is 3.38. The summed E-state index contributed by atoms with van der Waals surface area (Å²) in [6.45, 7) is 5.23. The van der Waals surface area contributed by atoms with Crippen LogP contribution in [-0.4, -0.2) is 39.2 Å². The van der Waals surface area contributed by atoms with Gasteiger partial charge in [0.1, 0.15) is 0 Å². The number of pyridine rings is 1. The van der Waals surface area contributed by atoms with Crippen molar-refractivity contribution < 1.29 is 9.53 Å². The van der Waals surface area contributed by atoms with Gasteiger partial charge in [-0.1, -0.05) is 19.9 Å². The molecule has 7 heteroatoms. The fourth-order valence-electron chi connectivity index (χ4n) is 4.06. The number of carbonyl (C=O) groups is 1. The summed E-state index contributed by atoms with van der Waals surface area (Å²) in [5.41, 5.74) is 3.55. The van der Waals surface area contributed by atoms with Crippen LogP contribution in [0, 0.1) is 5.92 Å². The summed E-state index contributed by atoms with van der Waals surface area (Å²) in [5, 5.41) is 4.23. The number of esters is 1. The number of methoxy groups -OCH3 is 1. The summed E-state index contributed by atoms with van der Waals surface area (Å²) in [4.78, 5) is 18.7. The Morgan fingerprint density at radius 2 is 1.94 bits per heavy atom. The molecule has 2 atom stereocenters. The lowest BCUT2D eigenvalue weighted by Crippen LogP contribution is -2.33. The fourth-order valence-corrected chi connectivity index (χ4v) is 4.38. The fraction of sp³-hybridized carbons (Fsp3) is 0.292. The van der Waals surface area contributed by atoms with Gasteiger partial charge >= 0.3 is 5.97 Å². The Balaban J connectivity index is 1.76. The van der Waals surface area contributed by atoms with Crippen molar-refractivity contribution in [3.8, 4) is 5.69 Å². The molecule has 3 aromatic rings. The highest BCUT2D eigenvalue weighted by atomic mass is 32.1. The van der Waals surface area contributed by atoms with Crippen molar-refractivity contribution in [2.75, 3.05) is 13.7 Å². The van der Waals surface area contributed by atoms with Crippen molar-refractivity contribution in [2.24, 2.45) is 5.92 Å². The maximum absolute atomic E-state index is 11.8. The molecule has 0 aliphatic carbocycles. The van der Waals surface area contributed by atoms with Crippen molar-refractivity contribution in [1.29, 1.82) is 0 Å². The van der Waals surface area contributed by atoms with E-state index < -0.39 is 0 Å². The monoisotopic (exact) mass is 434 g/mol. The number of benzene rings is 1. The highest BCUT2D eigenvalue weighted by Gasteiger charge is 2.41. The number of rotatable bonds is 6. The number of nitrogens with zero attached hydrogens (tertiary/aromatic N) is 3. The SMILES string of the molecule is COC(=O)c1ccc(-n2cccc2[C@H]2[C@H](c3ccccn3)NC(=S)N2CC(C)C)cc1. The second-order valence-electron chi connectivity index (χ2n) is 8.01. The second-order valence-corrected chi connectivity index (χ2v) is 8.40. The highest BCUT2D eigenvalue weighted by Crippen LogP contribution is 2.39. The van der Waals surface area contributed by atoms with E-state index in [0.717, 1.165) is 28.7 Å². The van der Waals surface area contributed by atoms with Gasteiger partial charge in [-0.15, -0.1) is 0 Å². The Labute approximate surface area is 187 Å². The van der Waals surface area contributed by atoms with E-state index in [2.05, 4.69) is 39.7 Å². The molecule has 1 aromatic carbocycles. The molecule has 1 N–H and O–H groups in total. The number of nitrogens with one attached hydrogen (secondary N) is 1. The molecule has 0 saturated carbocycles. The summed E-state index contributed by atoms with van der Waals surface area (Å²) >= 11 is 5.73. The van der Waals surface area contributed by atoms with Crippen LogP contribution in [0.25, 0.3) is 5.69 Å². The van der Waals surface area contributed by atoms with Gasteiger partial charge in [0.25, 0.3) is 0 Å². The van der Waals surface area contributed by atoms with Crippen molar-refractivity contribution in [3.63, 3.8) is 0 Å². The zero-order chi connectivity index (χ0) is 22.0. The van der Waals surface area contributed by atoms with Crippen LogP contribution in [0.5, 0.6) is 0 Å². The molecule has 0 spiro atoms. The van der Waals surface area contributed by atoms with E-state index in [9.17, 15) is 4.79 Å². The molecule has 1 aliphatic heterocycles. The van der Waals surface area contributed by atoms with Gasteiger partial charge in [0, 0.05) is 30.3 Å². The van der Waals surface area contributed by atoms with Gasteiger partial charge in [-0.05, 0) is 66.7 Å². The van der Waals surface area contributed by atoms with E-state index in [0.29, 0.717) is 11.5 Å². The average molecular weight is 435 g/mol. The highest BCUT2D eigenvalue weighted by molar-refractivity contribution is 7.80. The summed E-state index contributed by atoms with van der Waals surface area (Å²) < 4.78 is 6.96.